The van der Waals surface area contributed by atoms with Gasteiger partial charge in [0, 0.05) is 35.8 Å². The zero-order chi connectivity index (χ0) is 20.8. The molecule has 2 atom stereocenters. The molecule has 2 aromatic carbocycles. The molecule has 3 aromatic rings. The van der Waals surface area contributed by atoms with Crippen molar-refractivity contribution >= 4 is 17.2 Å². The normalized spacial score (nSPS) is 22.7. The van der Waals surface area contributed by atoms with Crippen LogP contribution in [0.3, 0.4) is 0 Å². The van der Waals surface area contributed by atoms with Crippen LogP contribution in [0.4, 0.5) is 5.69 Å². The lowest BCUT2D eigenvalue weighted by Crippen LogP contribution is -2.36. The number of carbonyl (C=O) groups is 1. The first-order chi connectivity index (χ1) is 15.3. The maximum Gasteiger partial charge on any atom is 0.184 e. The minimum atomic E-state index is -0.105. The summed E-state index contributed by atoms with van der Waals surface area (Å²) in [6.45, 7) is 4.30. The average Bonchev–Trinajstić information content (AvgIpc) is 3.24. The van der Waals surface area contributed by atoms with Gasteiger partial charge in [-0.05, 0) is 36.7 Å². The third-order valence-corrected chi connectivity index (χ3v) is 6.71. The molecule has 0 spiro atoms. The summed E-state index contributed by atoms with van der Waals surface area (Å²) in [5, 5.41) is 10.8. The first-order valence-electron chi connectivity index (χ1n) is 10.9. The number of rotatable bonds is 4. The number of aliphatic imine (C=N–C) groups is 1. The van der Waals surface area contributed by atoms with Gasteiger partial charge < -0.3 is 5.32 Å². The Morgan fingerprint density at radius 3 is 2.71 bits per heavy atom. The van der Waals surface area contributed by atoms with Crippen molar-refractivity contribution in [1.29, 1.82) is 0 Å². The summed E-state index contributed by atoms with van der Waals surface area (Å²) in [6, 6.07) is 14.8. The third-order valence-electron chi connectivity index (χ3n) is 6.71. The molecule has 1 saturated heterocycles. The highest BCUT2D eigenvalue weighted by Gasteiger charge is 2.39. The number of nitrogens with zero attached hydrogens (tertiary/aromatic N) is 4. The van der Waals surface area contributed by atoms with Gasteiger partial charge in [0.25, 0.3) is 0 Å². The van der Waals surface area contributed by atoms with Crippen molar-refractivity contribution < 1.29 is 4.79 Å². The number of aromatic nitrogens is 3. The summed E-state index contributed by atoms with van der Waals surface area (Å²) in [7, 11) is 0. The zero-order valence-corrected chi connectivity index (χ0v) is 17.2. The summed E-state index contributed by atoms with van der Waals surface area (Å²) < 4.78 is 0. The number of carbonyl (C=O) groups excluding carboxylic acids is 1. The number of hydrogen-bond acceptors (Lipinski definition) is 6. The van der Waals surface area contributed by atoms with Crippen LogP contribution < -0.4 is 5.32 Å². The fourth-order valence-electron chi connectivity index (χ4n) is 4.97. The van der Waals surface area contributed by atoms with E-state index in [9.17, 15) is 4.79 Å². The van der Waals surface area contributed by atoms with Crippen LogP contribution in [-0.2, 0) is 6.54 Å². The van der Waals surface area contributed by atoms with E-state index in [2.05, 4.69) is 49.7 Å². The molecule has 3 aliphatic heterocycles. The molecule has 6 rings (SSSR count). The largest absolute Gasteiger partial charge is 0.384 e. The number of Topliss-reactive ketones (excluding diaryl/α,β-unsaturated/α-hetero) is 1. The summed E-state index contributed by atoms with van der Waals surface area (Å²) in [6.07, 6.45) is 2.85. The van der Waals surface area contributed by atoms with Gasteiger partial charge in [-0.2, -0.15) is 5.10 Å². The van der Waals surface area contributed by atoms with Crippen LogP contribution in [0.1, 0.15) is 51.1 Å². The second kappa shape index (κ2) is 7.42. The maximum atomic E-state index is 12.6. The van der Waals surface area contributed by atoms with E-state index >= 15 is 0 Å². The van der Waals surface area contributed by atoms with Crippen LogP contribution in [0.5, 0.6) is 0 Å². The van der Waals surface area contributed by atoms with Crippen LogP contribution in [0.25, 0.3) is 0 Å². The van der Waals surface area contributed by atoms with E-state index in [0.717, 1.165) is 41.4 Å². The standard InChI is InChI=1S/C24H24N6O/c31-20-12-26-23-21-17(20)3-1-4-19(21)25-11-18(22(23)24-27-14-28-29-24)16-7-5-15(6-8-16)13-30-9-2-10-30/h1,3-8,14,18,22,25H,2,9-13H2,(H,27,28,29). The molecular formula is C24H24N6O. The van der Waals surface area contributed by atoms with E-state index in [-0.39, 0.29) is 24.2 Å². The minimum absolute atomic E-state index is 0.0625. The average molecular weight is 412 g/mol. The molecule has 7 nitrogen and oxygen atoms in total. The van der Waals surface area contributed by atoms with Crippen molar-refractivity contribution in [3.63, 3.8) is 0 Å². The van der Waals surface area contributed by atoms with E-state index in [1.807, 2.05) is 18.2 Å². The Morgan fingerprint density at radius 2 is 1.97 bits per heavy atom. The number of anilines is 1. The van der Waals surface area contributed by atoms with Gasteiger partial charge in [-0.3, -0.25) is 19.8 Å². The molecule has 1 fully saturated rings. The van der Waals surface area contributed by atoms with Crippen LogP contribution in [0.15, 0.2) is 53.8 Å². The Kier molecular flexibility index (Phi) is 4.42. The molecule has 2 unspecified atom stereocenters. The number of aromatic amines is 1. The number of nitrogens with one attached hydrogen (secondary N) is 2. The van der Waals surface area contributed by atoms with Crippen molar-refractivity contribution in [1.82, 2.24) is 20.1 Å². The molecule has 0 bridgehead atoms. The fourth-order valence-corrected chi connectivity index (χ4v) is 4.97. The molecule has 1 aromatic heterocycles. The van der Waals surface area contributed by atoms with E-state index in [0.29, 0.717) is 0 Å². The second-order valence-corrected chi connectivity index (χ2v) is 8.56. The molecule has 7 heteroatoms. The molecule has 4 heterocycles. The molecular weight excluding hydrogens is 388 g/mol. The molecule has 0 radical (unpaired) electrons. The Morgan fingerprint density at radius 1 is 1.10 bits per heavy atom. The number of ketones is 1. The van der Waals surface area contributed by atoms with Gasteiger partial charge in [-0.15, -0.1) is 0 Å². The molecule has 0 amide bonds. The third kappa shape index (κ3) is 3.16. The van der Waals surface area contributed by atoms with E-state index in [4.69, 9.17) is 4.99 Å². The minimum Gasteiger partial charge on any atom is -0.384 e. The highest BCUT2D eigenvalue weighted by atomic mass is 16.1. The van der Waals surface area contributed by atoms with Crippen molar-refractivity contribution in [3.05, 3.63) is 76.9 Å². The second-order valence-electron chi connectivity index (χ2n) is 8.56. The van der Waals surface area contributed by atoms with E-state index in [1.54, 1.807) is 6.33 Å². The van der Waals surface area contributed by atoms with Gasteiger partial charge in [-0.1, -0.05) is 36.4 Å². The summed E-state index contributed by atoms with van der Waals surface area (Å²) in [5.41, 5.74) is 6.11. The highest BCUT2D eigenvalue weighted by molar-refractivity contribution is 6.20. The van der Waals surface area contributed by atoms with Gasteiger partial charge in [0.2, 0.25) is 0 Å². The Bertz CT molecular complexity index is 1150. The van der Waals surface area contributed by atoms with Crippen molar-refractivity contribution in [3.8, 4) is 0 Å². The van der Waals surface area contributed by atoms with Crippen LogP contribution in [0, 0.1) is 0 Å². The predicted molar refractivity (Wildman–Crippen MR) is 119 cm³/mol. The Hall–Kier alpha value is -3.32. The molecule has 0 saturated carbocycles. The van der Waals surface area contributed by atoms with E-state index in [1.165, 1.54) is 30.6 Å². The van der Waals surface area contributed by atoms with Crippen LogP contribution in [0.2, 0.25) is 0 Å². The number of H-pyrrole nitrogens is 1. The van der Waals surface area contributed by atoms with Gasteiger partial charge in [0.1, 0.15) is 18.7 Å². The lowest BCUT2D eigenvalue weighted by atomic mass is 9.78. The molecule has 0 aliphatic carbocycles. The molecule has 2 N–H and O–H groups in total. The smallest absolute Gasteiger partial charge is 0.184 e. The lowest BCUT2D eigenvalue weighted by molar-refractivity contribution is 0.1000. The van der Waals surface area contributed by atoms with Crippen LogP contribution >= 0.6 is 0 Å². The highest BCUT2D eigenvalue weighted by Crippen LogP contribution is 2.41. The molecule has 3 aliphatic rings. The van der Waals surface area contributed by atoms with Crippen molar-refractivity contribution in [2.24, 2.45) is 4.99 Å². The van der Waals surface area contributed by atoms with E-state index < -0.39 is 0 Å². The SMILES string of the molecule is O=C1CN=C2c3c(cccc31)NCC(c1ccc(CN3CCC3)cc1)C2c1ncn[nH]1. The topological polar surface area (TPSA) is 86.3 Å². The first-order valence-corrected chi connectivity index (χ1v) is 10.9. The molecule has 156 valence electrons. The summed E-state index contributed by atoms with van der Waals surface area (Å²) in [4.78, 5) is 24.3. The first kappa shape index (κ1) is 18.4. The Balaban J connectivity index is 1.42. The van der Waals surface area contributed by atoms with Gasteiger partial charge >= 0.3 is 0 Å². The monoisotopic (exact) mass is 412 g/mol. The lowest BCUT2D eigenvalue weighted by Gasteiger charge is -2.31. The summed E-state index contributed by atoms with van der Waals surface area (Å²) >= 11 is 0. The quantitative estimate of drug-likeness (QED) is 0.688. The summed E-state index contributed by atoms with van der Waals surface area (Å²) in [5.74, 6) is 0.852. The van der Waals surface area contributed by atoms with Gasteiger partial charge in [0.05, 0.1) is 11.6 Å². The number of likely N-dealkylation sites (tertiary alicyclic amines) is 1. The fraction of sp³-hybridized carbons (Fsp3) is 0.333. The van der Waals surface area contributed by atoms with Gasteiger partial charge in [-0.25, -0.2) is 4.98 Å². The number of benzene rings is 2. The van der Waals surface area contributed by atoms with Crippen molar-refractivity contribution in [2.45, 2.75) is 24.8 Å². The maximum absolute atomic E-state index is 12.6. The van der Waals surface area contributed by atoms with Crippen molar-refractivity contribution in [2.75, 3.05) is 31.5 Å². The molecule has 31 heavy (non-hydrogen) atoms. The van der Waals surface area contributed by atoms with Gasteiger partial charge in [0.15, 0.2) is 5.78 Å². The zero-order valence-electron chi connectivity index (χ0n) is 17.2. The van der Waals surface area contributed by atoms with Crippen LogP contribution in [-0.4, -0.2) is 57.8 Å². The number of hydrogen-bond donors (Lipinski definition) is 2. The Labute approximate surface area is 180 Å². The predicted octanol–water partition coefficient (Wildman–Crippen LogP) is 2.99.